The third-order valence-electron chi connectivity index (χ3n) is 7.49. The molecule has 0 bridgehead atoms. The van der Waals surface area contributed by atoms with Gasteiger partial charge in [0, 0.05) is 42.3 Å². The van der Waals surface area contributed by atoms with E-state index in [4.69, 9.17) is 18.9 Å². The third kappa shape index (κ3) is 3.17. The molecule has 0 aromatic heterocycles. The Morgan fingerprint density at radius 1 is 0.886 bits per heavy atom. The molecule has 1 saturated heterocycles. The van der Waals surface area contributed by atoms with Crippen molar-refractivity contribution in [3.63, 3.8) is 0 Å². The fraction of sp³-hybridized carbons (Fsp3) is 0.296. The normalized spacial score (nSPS) is 23.5. The summed E-state index contributed by atoms with van der Waals surface area (Å²) in [5.41, 5.74) is 3.64. The number of carbonyl (C=O) groups excluding carboxylic acids is 1. The first kappa shape index (κ1) is 20.6. The van der Waals surface area contributed by atoms with Crippen molar-refractivity contribution < 1.29 is 28.8 Å². The number of benzene rings is 3. The van der Waals surface area contributed by atoms with Gasteiger partial charge in [0.05, 0.1) is 6.61 Å². The van der Waals surface area contributed by atoms with Crippen LogP contribution in [0.1, 0.15) is 27.4 Å². The quantitative estimate of drug-likeness (QED) is 0.625. The number of fused-ring (bicyclic) bond motifs is 5. The van der Waals surface area contributed by atoms with E-state index in [1.807, 2.05) is 41.3 Å². The van der Waals surface area contributed by atoms with E-state index in [2.05, 4.69) is 11.0 Å². The molecule has 0 unspecified atom stereocenters. The molecule has 3 aromatic rings. The molecule has 7 rings (SSSR count). The number of rotatable bonds is 4. The standard InChI is InChI=1S/C27H24N2O6/c30-13-21-26-18-3-1-2-4-19(18)29(27(31)17-6-8-23-25(10-17)35-15-33-23)12-20(26)28(21)11-16-5-7-22-24(9-16)34-14-32-22/h1-10,20-21,26,30H,11-15H2/t20-,21-,26+/m1/s1. The van der Waals surface area contributed by atoms with Gasteiger partial charge in [0.2, 0.25) is 13.6 Å². The molecule has 8 nitrogen and oxygen atoms in total. The second-order valence-electron chi connectivity index (χ2n) is 9.25. The van der Waals surface area contributed by atoms with Crippen LogP contribution in [-0.4, -0.2) is 54.7 Å². The molecule has 1 fully saturated rings. The highest BCUT2D eigenvalue weighted by Gasteiger charge is 2.53. The van der Waals surface area contributed by atoms with Crippen LogP contribution in [0.2, 0.25) is 0 Å². The predicted molar refractivity (Wildman–Crippen MR) is 126 cm³/mol. The van der Waals surface area contributed by atoms with Crippen molar-refractivity contribution in [1.29, 1.82) is 0 Å². The van der Waals surface area contributed by atoms with Crippen LogP contribution in [0.4, 0.5) is 5.69 Å². The fourth-order valence-electron chi connectivity index (χ4n) is 5.83. The Morgan fingerprint density at radius 3 is 2.40 bits per heavy atom. The molecule has 0 saturated carbocycles. The molecule has 3 atom stereocenters. The van der Waals surface area contributed by atoms with Crippen LogP contribution in [0.3, 0.4) is 0 Å². The van der Waals surface area contributed by atoms with Crippen molar-refractivity contribution in [3.05, 3.63) is 77.4 Å². The Balaban J connectivity index is 1.21. The van der Waals surface area contributed by atoms with Gasteiger partial charge in [0.1, 0.15) is 0 Å². The second kappa shape index (κ2) is 7.90. The molecule has 4 heterocycles. The minimum Gasteiger partial charge on any atom is -0.454 e. The maximum absolute atomic E-state index is 13.7. The number of nitrogens with zero attached hydrogens (tertiary/aromatic N) is 2. The van der Waals surface area contributed by atoms with Gasteiger partial charge in [-0.15, -0.1) is 0 Å². The Bertz CT molecular complexity index is 1330. The van der Waals surface area contributed by atoms with E-state index in [-0.39, 0.29) is 44.1 Å². The first-order valence-electron chi connectivity index (χ1n) is 11.8. The van der Waals surface area contributed by atoms with Crippen LogP contribution in [0.25, 0.3) is 0 Å². The average Bonchev–Trinajstić information content (AvgIpc) is 3.55. The van der Waals surface area contributed by atoms with E-state index < -0.39 is 0 Å². The predicted octanol–water partition coefficient (Wildman–Crippen LogP) is 3.13. The van der Waals surface area contributed by atoms with Gasteiger partial charge in [0.25, 0.3) is 5.91 Å². The number of aliphatic hydroxyl groups is 1. The van der Waals surface area contributed by atoms with Gasteiger partial charge in [-0.1, -0.05) is 24.3 Å². The SMILES string of the molecule is O=C(c1ccc2c(c1)OCO2)N1C[C@@H]2[C@H](c3ccccc31)[C@@H](CO)N2Cc1ccc2c(c1)OCO2. The number of carbonyl (C=O) groups is 1. The molecule has 35 heavy (non-hydrogen) atoms. The number of aliphatic hydroxyl groups excluding tert-OH is 1. The molecular formula is C27H24N2O6. The summed E-state index contributed by atoms with van der Waals surface area (Å²) in [6, 6.07) is 19.4. The molecule has 4 aliphatic rings. The highest BCUT2D eigenvalue weighted by molar-refractivity contribution is 6.07. The van der Waals surface area contributed by atoms with Gasteiger partial charge >= 0.3 is 0 Å². The minimum atomic E-state index is -0.0790. The number of hydrogen-bond donors (Lipinski definition) is 1. The monoisotopic (exact) mass is 472 g/mol. The summed E-state index contributed by atoms with van der Waals surface area (Å²) in [6.07, 6.45) is 0. The number of para-hydroxylation sites is 1. The molecular weight excluding hydrogens is 448 g/mol. The Morgan fingerprint density at radius 2 is 1.60 bits per heavy atom. The summed E-state index contributed by atoms with van der Waals surface area (Å²) in [5.74, 6) is 2.82. The number of likely N-dealkylation sites (tertiary alicyclic amines) is 1. The first-order chi connectivity index (χ1) is 17.2. The molecule has 8 heteroatoms. The van der Waals surface area contributed by atoms with Crippen LogP contribution in [0.5, 0.6) is 23.0 Å². The van der Waals surface area contributed by atoms with E-state index in [0.717, 1.165) is 28.3 Å². The van der Waals surface area contributed by atoms with Crippen LogP contribution < -0.4 is 23.8 Å². The summed E-state index contributed by atoms with van der Waals surface area (Å²) >= 11 is 0. The zero-order valence-corrected chi connectivity index (χ0v) is 18.9. The van der Waals surface area contributed by atoms with Gasteiger partial charge < -0.3 is 29.0 Å². The lowest BCUT2D eigenvalue weighted by Crippen LogP contribution is -2.68. The van der Waals surface area contributed by atoms with Crippen molar-refractivity contribution in [3.8, 4) is 23.0 Å². The van der Waals surface area contributed by atoms with Crippen molar-refractivity contribution in [2.75, 3.05) is 31.6 Å². The Hall–Kier alpha value is -3.75. The molecule has 1 N–H and O–H groups in total. The lowest BCUT2D eigenvalue weighted by Gasteiger charge is -2.59. The summed E-state index contributed by atoms with van der Waals surface area (Å²) < 4.78 is 21.9. The largest absolute Gasteiger partial charge is 0.454 e. The Labute approximate surface area is 202 Å². The van der Waals surface area contributed by atoms with Gasteiger partial charge in [-0.05, 0) is 47.5 Å². The zero-order chi connectivity index (χ0) is 23.5. The molecule has 0 spiro atoms. The molecule has 4 aliphatic heterocycles. The van der Waals surface area contributed by atoms with Crippen LogP contribution in [0.15, 0.2) is 60.7 Å². The third-order valence-corrected chi connectivity index (χ3v) is 7.49. The van der Waals surface area contributed by atoms with E-state index in [9.17, 15) is 9.90 Å². The maximum Gasteiger partial charge on any atom is 0.258 e. The molecule has 178 valence electrons. The first-order valence-corrected chi connectivity index (χ1v) is 11.8. The second-order valence-corrected chi connectivity index (χ2v) is 9.25. The smallest absolute Gasteiger partial charge is 0.258 e. The molecule has 3 aromatic carbocycles. The Kier molecular flexibility index (Phi) is 4.65. The van der Waals surface area contributed by atoms with Crippen LogP contribution >= 0.6 is 0 Å². The van der Waals surface area contributed by atoms with Crippen molar-refractivity contribution in [2.45, 2.75) is 24.5 Å². The summed E-state index contributed by atoms with van der Waals surface area (Å²) in [5, 5.41) is 10.3. The zero-order valence-electron chi connectivity index (χ0n) is 18.9. The molecule has 0 aliphatic carbocycles. The minimum absolute atomic E-state index is 0.0191. The van der Waals surface area contributed by atoms with Gasteiger partial charge in [-0.2, -0.15) is 0 Å². The average molecular weight is 472 g/mol. The summed E-state index contributed by atoms with van der Waals surface area (Å²) in [6.45, 7) is 1.64. The molecule has 1 amide bonds. The fourth-order valence-corrected chi connectivity index (χ4v) is 5.83. The lowest BCUT2D eigenvalue weighted by atomic mass is 9.71. The van der Waals surface area contributed by atoms with E-state index >= 15 is 0 Å². The van der Waals surface area contributed by atoms with Crippen molar-refractivity contribution >= 4 is 11.6 Å². The number of ether oxygens (including phenoxy) is 4. The number of amides is 1. The van der Waals surface area contributed by atoms with Crippen LogP contribution in [-0.2, 0) is 6.54 Å². The number of anilines is 1. The maximum atomic E-state index is 13.7. The topological polar surface area (TPSA) is 80.7 Å². The summed E-state index contributed by atoms with van der Waals surface area (Å²) in [4.78, 5) is 17.9. The van der Waals surface area contributed by atoms with Crippen molar-refractivity contribution in [1.82, 2.24) is 4.90 Å². The van der Waals surface area contributed by atoms with Gasteiger partial charge in [-0.3, -0.25) is 9.69 Å². The van der Waals surface area contributed by atoms with E-state index in [0.29, 0.717) is 30.2 Å². The highest BCUT2D eigenvalue weighted by atomic mass is 16.7. The lowest BCUT2D eigenvalue weighted by molar-refractivity contribution is -0.0488. The molecule has 0 radical (unpaired) electrons. The summed E-state index contributed by atoms with van der Waals surface area (Å²) in [7, 11) is 0. The highest BCUT2D eigenvalue weighted by Crippen LogP contribution is 2.49. The van der Waals surface area contributed by atoms with Gasteiger partial charge in [0.15, 0.2) is 23.0 Å². The van der Waals surface area contributed by atoms with E-state index in [1.165, 1.54) is 0 Å². The van der Waals surface area contributed by atoms with Crippen molar-refractivity contribution in [2.24, 2.45) is 0 Å². The van der Waals surface area contributed by atoms with Gasteiger partial charge in [-0.25, -0.2) is 0 Å². The van der Waals surface area contributed by atoms with Crippen LogP contribution in [0, 0.1) is 0 Å². The number of hydrogen-bond acceptors (Lipinski definition) is 7. The van der Waals surface area contributed by atoms with E-state index in [1.54, 1.807) is 18.2 Å².